The third-order valence-electron chi connectivity index (χ3n) is 12.3. The SMILES string of the molecule is c1ccc(-c2ccc(-c3ccc(N(c4ccc(-c5ccc6ccccc6c5-c5ccccc5)cc4)c4cccc(-c5ccc6ccccc6c5)c4)cc3)cc2-c2ccccc2)cc1. The molecule has 0 N–H and O–H groups in total. The maximum Gasteiger partial charge on any atom is 0.0467 e. The molecule has 1 heteroatoms. The Labute approximate surface area is 369 Å². The second kappa shape index (κ2) is 16.7. The van der Waals surface area contributed by atoms with Crippen molar-refractivity contribution in [2.24, 2.45) is 0 Å². The van der Waals surface area contributed by atoms with E-state index in [-0.39, 0.29) is 0 Å². The van der Waals surface area contributed by atoms with E-state index in [0.717, 1.165) is 17.1 Å². The molecular weight excluding hydrogens is 759 g/mol. The van der Waals surface area contributed by atoms with Crippen molar-refractivity contribution in [3.63, 3.8) is 0 Å². The third kappa shape index (κ3) is 7.47. The molecule has 0 aliphatic heterocycles. The van der Waals surface area contributed by atoms with Gasteiger partial charge < -0.3 is 4.90 Å². The number of fused-ring (bicyclic) bond motifs is 2. The summed E-state index contributed by atoms with van der Waals surface area (Å²) >= 11 is 0. The number of hydrogen-bond donors (Lipinski definition) is 0. The van der Waals surface area contributed by atoms with Gasteiger partial charge in [-0.3, -0.25) is 0 Å². The Morgan fingerprint density at radius 1 is 0.206 bits per heavy atom. The zero-order chi connectivity index (χ0) is 42.0. The summed E-state index contributed by atoms with van der Waals surface area (Å²) in [5, 5.41) is 4.97. The van der Waals surface area contributed by atoms with Crippen LogP contribution in [0.4, 0.5) is 17.1 Å². The van der Waals surface area contributed by atoms with E-state index in [9.17, 15) is 0 Å². The minimum absolute atomic E-state index is 1.09. The summed E-state index contributed by atoms with van der Waals surface area (Å²) < 4.78 is 0. The molecule has 0 unspecified atom stereocenters. The average molecular weight is 802 g/mol. The van der Waals surface area contributed by atoms with Crippen molar-refractivity contribution in [1.29, 1.82) is 0 Å². The Balaban J connectivity index is 1.01. The molecule has 0 saturated carbocycles. The molecule has 296 valence electrons. The fourth-order valence-electron chi connectivity index (χ4n) is 9.11. The molecule has 1 nitrogen and oxygen atoms in total. The number of rotatable bonds is 9. The van der Waals surface area contributed by atoms with E-state index in [1.54, 1.807) is 0 Å². The Bertz CT molecular complexity index is 3350. The molecule has 0 aromatic heterocycles. The Kier molecular flexibility index (Phi) is 9.97. The van der Waals surface area contributed by atoms with Gasteiger partial charge in [-0.1, -0.05) is 212 Å². The average Bonchev–Trinajstić information content (AvgIpc) is 3.37. The van der Waals surface area contributed by atoms with Crippen LogP contribution in [-0.2, 0) is 0 Å². The van der Waals surface area contributed by atoms with E-state index in [0.29, 0.717) is 0 Å². The summed E-state index contributed by atoms with van der Waals surface area (Å²) in [6.45, 7) is 0. The summed E-state index contributed by atoms with van der Waals surface area (Å²) in [6, 6.07) is 94.6. The molecule has 11 rings (SSSR count). The van der Waals surface area contributed by atoms with Gasteiger partial charge in [0, 0.05) is 17.1 Å². The van der Waals surface area contributed by atoms with E-state index < -0.39 is 0 Å². The van der Waals surface area contributed by atoms with Crippen LogP contribution in [0.25, 0.3) is 88.3 Å². The summed E-state index contributed by atoms with van der Waals surface area (Å²) in [5.74, 6) is 0. The van der Waals surface area contributed by atoms with Crippen molar-refractivity contribution >= 4 is 38.6 Å². The van der Waals surface area contributed by atoms with Crippen LogP contribution in [-0.4, -0.2) is 0 Å². The standard InChI is InChI=1S/C62H43N/c1-4-16-46(17-5-1)58-39-34-54(43-61(58)47-18-6-2-7-19-47)45-29-35-55(36-30-45)63(57-25-14-24-52(42-57)53-28-27-44-15-10-11-23-51(44)41-53)56-37-31-49(32-38-56)60-40-33-48-20-12-13-26-59(48)62(60)50-21-8-3-9-22-50/h1-43H. The minimum atomic E-state index is 1.09. The Morgan fingerprint density at radius 2 is 0.667 bits per heavy atom. The maximum absolute atomic E-state index is 2.38. The zero-order valence-corrected chi connectivity index (χ0v) is 34.8. The fourth-order valence-corrected chi connectivity index (χ4v) is 9.11. The van der Waals surface area contributed by atoms with Crippen LogP contribution in [0.2, 0.25) is 0 Å². The number of benzene rings is 11. The molecule has 11 aromatic carbocycles. The lowest BCUT2D eigenvalue weighted by Gasteiger charge is -2.27. The molecule has 0 fully saturated rings. The van der Waals surface area contributed by atoms with Crippen LogP contribution in [0.1, 0.15) is 0 Å². The van der Waals surface area contributed by atoms with Gasteiger partial charge in [0.2, 0.25) is 0 Å². The quantitative estimate of drug-likeness (QED) is 0.141. The highest BCUT2D eigenvalue weighted by atomic mass is 15.1. The Hall–Kier alpha value is -8.26. The summed E-state index contributed by atoms with van der Waals surface area (Å²) in [5.41, 5.74) is 17.7. The monoisotopic (exact) mass is 801 g/mol. The summed E-state index contributed by atoms with van der Waals surface area (Å²) in [7, 11) is 0. The van der Waals surface area contributed by atoms with E-state index >= 15 is 0 Å². The van der Waals surface area contributed by atoms with Crippen LogP contribution < -0.4 is 4.90 Å². The molecule has 0 aliphatic carbocycles. The van der Waals surface area contributed by atoms with Gasteiger partial charge in [-0.05, 0) is 137 Å². The normalized spacial score (nSPS) is 11.2. The summed E-state index contributed by atoms with van der Waals surface area (Å²) in [6.07, 6.45) is 0. The highest BCUT2D eigenvalue weighted by molar-refractivity contribution is 6.04. The van der Waals surface area contributed by atoms with Gasteiger partial charge in [-0.2, -0.15) is 0 Å². The second-order valence-electron chi connectivity index (χ2n) is 16.1. The molecule has 0 heterocycles. The number of hydrogen-bond acceptors (Lipinski definition) is 1. The zero-order valence-electron chi connectivity index (χ0n) is 34.8. The molecule has 0 amide bonds. The first-order chi connectivity index (χ1) is 31.2. The van der Waals surface area contributed by atoms with Gasteiger partial charge in [0.05, 0.1) is 0 Å². The lowest BCUT2D eigenvalue weighted by molar-refractivity contribution is 1.28. The first kappa shape index (κ1) is 37.7. The van der Waals surface area contributed by atoms with E-state index in [1.165, 1.54) is 88.3 Å². The molecule has 63 heavy (non-hydrogen) atoms. The topological polar surface area (TPSA) is 3.24 Å². The van der Waals surface area contributed by atoms with E-state index in [1.807, 2.05) is 0 Å². The van der Waals surface area contributed by atoms with Crippen molar-refractivity contribution < 1.29 is 0 Å². The van der Waals surface area contributed by atoms with Crippen molar-refractivity contribution in [1.82, 2.24) is 0 Å². The molecule has 0 bridgehead atoms. The first-order valence-electron chi connectivity index (χ1n) is 21.7. The lowest BCUT2D eigenvalue weighted by atomic mass is 9.89. The fraction of sp³-hybridized carbons (Fsp3) is 0. The van der Waals surface area contributed by atoms with Crippen molar-refractivity contribution in [3.05, 3.63) is 261 Å². The predicted molar refractivity (Wildman–Crippen MR) is 269 cm³/mol. The van der Waals surface area contributed by atoms with Crippen LogP contribution in [0.3, 0.4) is 0 Å². The van der Waals surface area contributed by atoms with E-state index in [4.69, 9.17) is 0 Å². The van der Waals surface area contributed by atoms with Gasteiger partial charge in [0.15, 0.2) is 0 Å². The minimum Gasteiger partial charge on any atom is -0.310 e. The molecular formula is C62H43N. The van der Waals surface area contributed by atoms with Crippen molar-refractivity contribution in [3.8, 4) is 66.8 Å². The third-order valence-corrected chi connectivity index (χ3v) is 12.3. The highest BCUT2D eigenvalue weighted by Gasteiger charge is 2.17. The smallest absolute Gasteiger partial charge is 0.0467 e. The summed E-state index contributed by atoms with van der Waals surface area (Å²) in [4.78, 5) is 2.38. The van der Waals surface area contributed by atoms with Gasteiger partial charge in [0.25, 0.3) is 0 Å². The number of nitrogens with zero attached hydrogens (tertiary/aromatic N) is 1. The van der Waals surface area contributed by atoms with E-state index in [2.05, 4.69) is 266 Å². The molecule has 0 spiro atoms. The van der Waals surface area contributed by atoms with Crippen molar-refractivity contribution in [2.75, 3.05) is 4.90 Å². The van der Waals surface area contributed by atoms with Crippen LogP contribution in [0, 0.1) is 0 Å². The Morgan fingerprint density at radius 3 is 1.37 bits per heavy atom. The molecule has 0 aliphatic rings. The van der Waals surface area contributed by atoms with Crippen molar-refractivity contribution in [2.45, 2.75) is 0 Å². The van der Waals surface area contributed by atoms with Gasteiger partial charge in [-0.25, -0.2) is 0 Å². The molecule has 0 atom stereocenters. The van der Waals surface area contributed by atoms with Gasteiger partial charge in [-0.15, -0.1) is 0 Å². The largest absolute Gasteiger partial charge is 0.310 e. The second-order valence-corrected chi connectivity index (χ2v) is 16.1. The molecule has 0 saturated heterocycles. The van der Waals surface area contributed by atoms with Gasteiger partial charge >= 0.3 is 0 Å². The molecule has 0 radical (unpaired) electrons. The first-order valence-corrected chi connectivity index (χ1v) is 21.7. The van der Waals surface area contributed by atoms with Crippen LogP contribution in [0.15, 0.2) is 261 Å². The lowest BCUT2D eigenvalue weighted by Crippen LogP contribution is -2.10. The predicted octanol–water partition coefficient (Wildman–Crippen LogP) is 17.5. The number of anilines is 3. The highest BCUT2D eigenvalue weighted by Crippen LogP contribution is 2.42. The maximum atomic E-state index is 2.38. The van der Waals surface area contributed by atoms with Crippen LogP contribution in [0.5, 0.6) is 0 Å². The van der Waals surface area contributed by atoms with Crippen LogP contribution >= 0.6 is 0 Å². The molecule has 11 aromatic rings. The van der Waals surface area contributed by atoms with Gasteiger partial charge in [0.1, 0.15) is 0 Å².